The first-order chi connectivity index (χ1) is 6.77. The molecule has 74 valence electrons. The summed E-state index contributed by atoms with van der Waals surface area (Å²) in [6.45, 7) is 1.73. The average molecular weight is 192 g/mol. The molecule has 14 heavy (non-hydrogen) atoms. The zero-order chi connectivity index (χ0) is 10.4. The van der Waals surface area contributed by atoms with Gasteiger partial charge in [-0.05, 0) is 31.2 Å². The minimum atomic E-state index is -0.231. The van der Waals surface area contributed by atoms with Gasteiger partial charge in [0.1, 0.15) is 5.75 Å². The molecule has 0 aromatic heterocycles. The van der Waals surface area contributed by atoms with Gasteiger partial charge in [0.15, 0.2) is 0 Å². The fraction of sp³-hybridized carbons (Fsp3) is 0.200. The molecule has 0 atom stereocenters. The number of hydrogen-bond donors (Lipinski definition) is 1. The van der Waals surface area contributed by atoms with Crippen LogP contribution in [-0.4, -0.2) is 19.2 Å². The number of nitrogens with one attached hydrogen (secondary N) is 1. The number of nitrogens with zero attached hydrogens (tertiary/aromatic N) is 1. The van der Waals surface area contributed by atoms with Crippen LogP contribution in [0.3, 0.4) is 0 Å². The van der Waals surface area contributed by atoms with Crippen LogP contribution in [0.5, 0.6) is 5.75 Å². The molecule has 4 nitrogen and oxygen atoms in total. The zero-order valence-corrected chi connectivity index (χ0v) is 8.15. The van der Waals surface area contributed by atoms with Crippen LogP contribution >= 0.6 is 0 Å². The van der Waals surface area contributed by atoms with Crippen LogP contribution in [0.15, 0.2) is 29.4 Å². The molecule has 0 bridgehead atoms. The van der Waals surface area contributed by atoms with E-state index in [-0.39, 0.29) is 5.91 Å². The number of ether oxygens (including phenoxy) is 1. The highest BCUT2D eigenvalue weighted by molar-refractivity contribution is 5.94. The zero-order valence-electron chi connectivity index (χ0n) is 8.15. The lowest BCUT2D eigenvalue weighted by Crippen LogP contribution is -2.16. The monoisotopic (exact) mass is 192 g/mol. The van der Waals surface area contributed by atoms with Crippen molar-refractivity contribution in [3.63, 3.8) is 0 Å². The fourth-order valence-corrected chi connectivity index (χ4v) is 0.930. The second-order valence-corrected chi connectivity index (χ2v) is 2.56. The number of rotatable bonds is 3. The third-order valence-electron chi connectivity index (χ3n) is 1.65. The Morgan fingerprint density at radius 2 is 2.07 bits per heavy atom. The van der Waals surface area contributed by atoms with E-state index in [0.29, 0.717) is 5.56 Å². The molecule has 1 rings (SSSR count). The van der Waals surface area contributed by atoms with Crippen LogP contribution in [0.4, 0.5) is 0 Å². The number of hydrogen-bond acceptors (Lipinski definition) is 3. The lowest BCUT2D eigenvalue weighted by molar-refractivity contribution is 0.0955. The van der Waals surface area contributed by atoms with Crippen LogP contribution < -0.4 is 10.2 Å². The Kier molecular flexibility index (Phi) is 3.67. The molecule has 0 aliphatic rings. The van der Waals surface area contributed by atoms with Gasteiger partial charge in [-0.15, -0.1) is 0 Å². The Labute approximate surface area is 82.6 Å². The van der Waals surface area contributed by atoms with E-state index < -0.39 is 0 Å². The van der Waals surface area contributed by atoms with E-state index >= 15 is 0 Å². The molecule has 0 heterocycles. The lowest BCUT2D eigenvalue weighted by atomic mass is 10.2. The largest absolute Gasteiger partial charge is 0.497 e. The number of carbonyl (C=O) groups is 1. The molecular formula is C10H12N2O2. The summed E-state index contributed by atoms with van der Waals surface area (Å²) in [7, 11) is 1.58. The highest BCUT2D eigenvalue weighted by Crippen LogP contribution is 2.10. The molecule has 0 saturated carbocycles. The molecule has 0 fully saturated rings. The van der Waals surface area contributed by atoms with Gasteiger partial charge in [0.2, 0.25) is 0 Å². The molecule has 1 aromatic rings. The van der Waals surface area contributed by atoms with Crippen molar-refractivity contribution in [2.45, 2.75) is 6.92 Å². The molecule has 4 heteroatoms. The van der Waals surface area contributed by atoms with E-state index in [1.165, 1.54) is 6.21 Å². The Hall–Kier alpha value is -1.84. The summed E-state index contributed by atoms with van der Waals surface area (Å²) >= 11 is 0. The quantitative estimate of drug-likeness (QED) is 0.581. The van der Waals surface area contributed by atoms with Gasteiger partial charge in [-0.3, -0.25) is 4.79 Å². The smallest absolute Gasteiger partial charge is 0.271 e. The Morgan fingerprint density at radius 1 is 1.43 bits per heavy atom. The van der Waals surface area contributed by atoms with Crippen molar-refractivity contribution >= 4 is 12.1 Å². The van der Waals surface area contributed by atoms with Crippen molar-refractivity contribution in [3.05, 3.63) is 29.8 Å². The van der Waals surface area contributed by atoms with Crippen LogP contribution in [0.25, 0.3) is 0 Å². The van der Waals surface area contributed by atoms with Crippen LogP contribution in [0.2, 0.25) is 0 Å². The molecule has 0 unspecified atom stereocenters. The second kappa shape index (κ2) is 5.01. The molecule has 1 N–H and O–H groups in total. The predicted octanol–water partition coefficient (Wildman–Crippen LogP) is 1.43. The minimum Gasteiger partial charge on any atom is -0.497 e. The van der Waals surface area contributed by atoms with Crippen LogP contribution in [-0.2, 0) is 0 Å². The van der Waals surface area contributed by atoms with Gasteiger partial charge in [-0.2, -0.15) is 5.10 Å². The summed E-state index contributed by atoms with van der Waals surface area (Å²) in [5.41, 5.74) is 2.93. The van der Waals surface area contributed by atoms with E-state index in [2.05, 4.69) is 10.5 Å². The highest BCUT2D eigenvalue weighted by atomic mass is 16.5. The Bertz CT molecular complexity index is 330. The maximum absolute atomic E-state index is 11.3. The van der Waals surface area contributed by atoms with Gasteiger partial charge in [0, 0.05) is 11.8 Å². The molecule has 0 aliphatic heterocycles. The van der Waals surface area contributed by atoms with Crippen molar-refractivity contribution in [1.29, 1.82) is 0 Å². The van der Waals surface area contributed by atoms with Crippen molar-refractivity contribution in [2.24, 2.45) is 5.10 Å². The van der Waals surface area contributed by atoms with Gasteiger partial charge < -0.3 is 4.74 Å². The van der Waals surface area contributed by atoms with Crippen molar-refractivity contribution in [3.8, 4) is 5.75 Å². The molecule has 0 spiro atoms. The lowest BCUT2D eigenvalue weighted by Gasteiger charge is -2.01. The molecule has 1 amide bonds. The summed E-state index contributed by atoms with van der Waals surface area (Å²) in [5.74, 6) is 0.492. The fourth-order valence-electron chi connectivity index (χ4n) is 0.930. The summed E-state index contributed by atoms with van der Waals surface area (Å²) in [5, 5.41) is 3.63. The number of amides is 1. The molecule has 0 aliphatic carbocycles. The standard InChI is InChI=1S/C10H12N2O2/c1-3-11-12-10(13)8-4-6-9(14-2)7-5-8/h3-7H,1-2H3,(H,12,13)/b11-3-. The predicted molar refractivity (Wildman–Crippen MR) is 54.6 cm³/mol. The third kappa shape index (κ3) is 2.58. The van der Waals surface area contributed by atoms with Gasteiger partial charge in [-0.25, -0.2) is 5.43 Å². The summed E-state index contributed by atoms with van der Waals surface area (Å²) in [6, 6.07) is 6.81. The van der Waals surface area contributed by atoms with E-state index in [1.807, 2.05) is 0 Å². The molecule has 1 aromatic carbocycles. The van der Waals surface area contributed by atoms with Gasteiger partial charge >= 0.3 is 0 Å². The third-order valence-corrected chi connectivity index (χ3v) is 1.65. The summed E-state index contributed by atoms with van der Waals surface area (Å²) in [6.07, 6.45) is 1.52. The Balaban J connectivity index is 2.71. The second-order valence-electron chi connectivity index (χ2n) is 2.56. The Morgan fingerprint density at radius 3 is 2.57 bits per heavy atom. The molecular weight excluding hydrogens is 180 g/mol. The van der Waals surface area contributed by atoms with E-state index in [9.17, 15) is 4.79 Å². The first-order valence-corrected chi connectivity index (χ1v) is 4.20. The van der Waals surface area contributed by atoms with Crippen LogP contribution in [0, 0.1) is 0 Å². The maximum Gasteiger partial charge on any atom is 0.271 e. The number of benzene rings is 1. The average Bonchev–Trinajstić information content (AvgIpc) is 2.26. The molecule has 0 saturated heterocycles. The number of hydrazone groups is 1. The summed E-state index contributed by atoms with van der Waals surface area (Å²) in [4.78, 5) is 11.3. The number of methoxy groups -OCH3 is 1. The van der Waals surface area contributed by atoms with E-state index in [4.69, 9.17) is 4.74 Å². The number of carbonyl (C=O) groups excluding carboxylic acids is 1. The first kappa shape index (κ1) is 10.2. The minimum absolute atomic E-state index is 0.231. The van der Waals surface area contributed by atoms with Crippen LogP contribution in [0.1, 0.15) is 17.3 Å². The van der Waals surface area contributed by atoms with Gasteiger partial charge in [-0.1, -0.05) is 0 Å². The SMILES string of the molecule is C/C=N\NC(=O)c1ccc(OC)cc1. The van der Waals surface area contributed by atoms with Crippen molar-refractivity contribution in [2.75, 3.05) is 7.11 Å². The van der Waals surface area contributed by atoms with Gasteiger partial charge in [0.25, 0.3) is 5.91 Å². The van der Waals surface area contributed by atoms with E-state index in [1.54, 1.807) is 38.3 Å². The van der Waals surface area contributed by atoms with E-state index in [0.717, 1.165) is 5.75 Å². The highest BCUT2D eigenvalue weighted by Gasteiger charge is 2.02. The maximum atomic E-state index is 11.3. The molecule has 0 radical (unpaired) electrons. The first-order valence-electron chi connectivity index (χ1n) is 4.20. The van der Waals surface area contributed by atoms with Crippen molar-refractivity contribution < 1.29 is 9.53 Å². The summed E-state index contributed by atoms with van der Waals surface area (Å²) < 4.78 is 4.97. The normalized spacial score (nSPS) is 10.1. The topological polar surface area (TPSA) is 50.7 Å². The van der Waals surface area contributed by atoms with Gasteiger partial charge in [0.05, 0.1) is 7.11 Å². The van der Waals surface area contributed by atoms with Crippen molar-refractivity contribution in [1.82, 2.24) is 5.43 Å².